The maximum Gasteiger partial charge on any atom is 0.416 e. The quantitative estimate of drug-likeness (QED) is 0.600. The topological polar surface area (TPSA) is 38.7 Å². The van der Waals surface area contributed by atoms with E-state index < -0.39 is 29.8 Å². The molecule has 1 aliphatic rings. The van der Waals surface area contributed by atoms with E-state index in [2.05, 4.69) is 0 Å². The van der Waals surface area contributed by atoms with Crippen LogP contribution in [0.15, 0.2) is 48.5 Å². The Kier molecular flexibility index (Phi) is 7.28. The van der Waals surface area contributed by atoms with Gasteiger partial charge in [-0.05, 0) is 48.1 Å². The zero-order valence-electron chi connectivity index (χ0n) is 16.4. The van der Waals surface area contributed by atoms with E-state index in [1.165, 1.54) is 0 Å². The number of benzene rings is 2. The number of alkyl halides is 6. The molecule has 1 saturated heterocycles. The van der Waals surface area contributed by atoms with Crippen LogP contribution >= 0.6 is 0 Å². The van der Waals surface area contributed by atoms with E-state index in [0.717, 1.165) is 5.56 Å². The van der Waals surface area contributed by atoms with Crippen molar-refractivity contribution >= 4 is 0 Å². The van der Waals surface area contributed by atoms with Crippen LogP contribution in [0.3, 0.4) is 0 Å². The molecule has 0 saturated carbocycles. The maximum atomic E-state index is 13.0. The molecule has 0 spiro atoms. The first-order valence-corrected chi connectivity index (χ1v) is 9.77. The summed E-state index contributed by atoms with van der Waals surface area (Å²) in [7, 11) is 0. The number of hydrogen-bond donors (Lipinski definition) is 1. The Hall–Kier alpha value is -2.10. The van der Waals surface area contributed by atoms with Gasteiger partial charge in [-0.2, -0.15) is 26.3 Å². The number of aliphatic hydroxyl groups is 1. The van der Waals surface area contributed by atoms with Crippen molar-refractivity contribution in [1.82, 2.24) is 0 Å². The second-order valence-electron chi connectivity index (χ2n) is 7.44. The fourth-order valence-electron chi connectivity index (χ4n) is 3.76. The Bertz CT molecular complexity index is 818. The van der Waals surface area contributed by atoms with Crippen molar-refractivity contribution in [3.63, 3.8) is 0 Å². The monoisotopic (exact) mass is 448 g/mol. The molecule has 3 rings (SSSR count). The van der Waals surface area contributed by atoms with Gasteiger partial charge in [-0.25, -0.2) is 0 Å². The molecule has 3 nitrogen and oxygen atoms in total. The molecule has 1 N–H and O–H groups in total. The van der Waals surface area contributed by atoms with Crippen LogP contribution in [-0.4, -0.2) is 31.2 Å². The average molecular weight is 448 g/mol. The number of ether oxygens (including phenoxy) is 2. The highest BCUT2D eigenvalue weighted by Gasteiger charge is 2.38. The Balaban J connectivity index is 1.75. The summed E-state index contributed by atoms with van der Waals surface area (Å²) in [6, 6.07) is 10.7. The minimum atomic E-state index is -4.89. The fraction of sp³-hybridized carbons (Fsp3) is 0.455. The van der Waals surface area contributed by atoms with Crippen molar-refractivity contribution in [1.29, 1.82) is 0 Å². The summed E-state index contributed by atoms with van der Waals surface area (Å²) in [5.41, 5.74) is -1.96. The standard InChI is InChI=1S/C22H22F6O3/c23-21(24,25)17-10-14(11-18(12-17)22(26,27)28)6-8-30-20-19(15-4-2-1-3-5-15)16(13-29)7-9-31-20/h1-5,10-12,16,19-20,29H,6-9,13H2/t16-,19-,20-/m0/s1. The lowest BCUT2D eigenvalue weighted by Gasteiger charge is -2.37. The summed E-state index contributed by atoms with van der Waals surface area (Å²) in [6.07, 6.45) is -10.1. The van der Waals surface area contributed by atoms with Crippen molar-refractivity contribution in [2.24, 2.45) is 5.92 Å². The van der Waals surface area contributed by atoms with E-state index >= 15 is 0 Å². The van der Waals surface area contributed by atoms with Crippen molar-refractivity contribution in [2.45, 2.75) is 37.4 Å². The van der Waals surface area contributed by atoms with Gasteiger partial charge in [0.15, 0.2) is 6.29 Å². The van der Waals surface area contributed by atoms with Crippen LogP contribution in [0.5, 0.6) is 0 Å². The highest BCUT2D eigenvalue weighted by molar-refractivity contribution is 5.33. The van der Waals surface area contributed by atoms with Gasteiger partial charge in [0.2, 0.25) is 0 Å². The predicted molar refractivity (Wildman–Crippen MR) is 100 cm³/mol. The third-order valence-electron chi connectivity index (χ3n) is 5.31. The summed E-state index contributed by atoms with van der Waals surface area (Å²) in [4.78, 5) is 0. The van der Waals surface area contributed by atoms with Gasteiger partial charge in [0, 0.05) is 12.5 Å². The van der Waals surface area contributed by atoms with E-state index in [4.69, 9.17) is 9.47 Å². The molecule has 31 heavy (non-hydrogen) atoms. The van der Waals surface area contributed by atoms with Gasteiger partial charge in [-0.3, -0.25) is 0 Å². The molecule has 0 aliphatic carbocycles. The van der Waals surface area contributed by atoms with Gasteiger partial charge in [-0.1, -0.05) is 30.3 Å². The van der Waals surface area contributed by atoms with Crippen LogP contribution in [-0.2, 0) is 28.2 Å². The Morgan fingerprint density at radius 1 is 0.935 bits per heavy atom. The normalized spacial score (nSPS) is 22.5. The number of halogens is 6. The third kappa shape index (κ3) is 5.99. The van der Waals surface area contributed by atoms with Crippen LogP contribution in [0.2, 0.25) is 0 Å². The summed E-state index contributed by atoms with van der Waals surface area (Å²) < 4.78 is 89.6. The summed E-state index contributed by atoms with van der Waals surface area (Å²) in [5, 5.41) is 9.73. The van der Waals surface area contributed by atoms with Crippen molar-refractivity contribution in [2.75, 3.05) is 19.8 Å². The summed E-state index contributed by atoms with van der Waals surface area (Å²) in [5.74, 6) is -0.432. The minimum absolute atomic E-state index is 0.0919. The number of hydrogen-bond acceptors (Lipinski definition) is 3. The van der Waals surface area contributed by atoms with Crippen LogP contribution < -0.4 is 0 Å². The second kappa shape index (κ2) is 9.58. The summed E-state index contributed by atoms with van der Waals surface area (Å²) in [6.45, 7) is 0.108. The predicted octanol–water partition coefficient (Wildman–Crippen LogP) is 5.42. The first-order valence-electron chi connectivity index (χ1n) is 9.77. The van der Waals surface area contributed by atoms with Crippen LogP contribution in [0, 0.1) is 5.92 Å². The SMILES string of the molecule is OC[C@@H]1CCO[C@H](OCCc2cc(C(F)(F)F)cc(C(F)(F)F)c2)[C@H]1c1ccccc1. The van der Waals surface area contributed by atoms with Crippen LogP contribution in [0.4, 0.5) is 26.3 Å². The zero-order valence-corrected chi connectivity index (χ0v) is 16.4. The van der Waals surface area contributed by atoms with Gasteiger partial charge in [0.1, 0.15) is 0 Å². The van der Waals surface area contributed by atoms with Gasteiger partial charge in [-0.15, -0.1) is 0 Å². The molecule has 2 aromatic rings. The van der Waals surface area contributed by atoms with E-state index in [1.807, 2.05) is 30.3 Å². The lowest BCUT2D eigenvalue weighted by Crippen LogP contribution is -2.38. The molecule has 170 valence electrons. The molecular weight excluding hydrogens is 426 g/mol. The molecule has 9 heteroatoms. The van der Waals surface area contributed by atoms with Gasteiger partial charge in [0.05, 0.1) is 24.3 Å². The molecule has 0 aromatic heterocycles. The molecule has 1 heterocycles. The zero-order chi connectivity index (χ0) is 22.6. The summed E-state index contributed by atoms with van der Waals surface area (Å²) >= 11 is 0. The molecule has 0 radical (unpaired) electrons. The second-order valence-corrected chi connectivity index (χ2v) is 7.44. The Morgan fingerprint density at radius 3 is 2.10 bits per heavy atom. The molecule has 0 unspecified atom stereocenters. The smallest absolute Gasteiger partial charge is 0.396 e. The minimum Gasteiger partial charge on any atom is -0.396 e. The fourth-order valence-corrected chi connectivity index (χ4v) is 3.76. The van der Waals surface area contributed by atoms with Gasteiger partial charge >= 0.3 is 12.4 Å². The van der Waals surface area contributed by atoms with E-state index in [0.29, 0.717) is 25.2 Å². The molecule has 0 amide bonds. The van der Waals surface area contributed by atoms with E-state index in [1.54, 1.807) is 0 Å². The van der Waals surface area contributed by atoms with Crippen LogP contribution in [0.1, 0.15) is 34.6 Å². The molecule has 1 aliphatic heterocycles. The highest BCUT2D eigenvalue weighted by Crippen LogP contribution is 2.38. The molecule has 2 aromatic carbocycles. The van der Waals surface area contributed by atoms with Gasteiger partial charge in [0.25, 0.3) is 0 Å². The lowest BCUT2D eigenvalue weighted by atomic mass is 9.82. The van der Waals surface area contributed by atoms with Gasteiger partial charge < -0.3 is 14.6 Å². The Labute approximate surface area is 175 Å². The first-order chi connectivity index (χ1) is 14.6. The number of rotatable bonds is 6. The first kappa shape index (κ1) is 23.6. The van der Waals surface area contributed by atoms with E-state index in [9.17, 15) is 31.4 Å². The molecule has 3 atom stereocenters. The highest BCUT2D eigenvalue weighted by atomic mass is 19.4. The lowest BCUT2D eigenvalue weighted by molar-refractivity contribution is -0.190. The number of aliphatic hydroxyl groups excluding tert-OH is 1. The maximum absolute atomic E-state index is 13.0. The van der Waals surface area contributed by atoms with Crippen molar-refractivity contribution < 1.29 is 40.9 Å². The van der Waals surface area contributed by atoms with Crippen molar-refractivity contribution in [3.05, 3.63) is 70.8 Å². The molecule has 1 fully saturated rings. The third-order valence-corrected chi connectivity index (χ3v) is 5.31. The van der Waals surface area contributed by atoms with Crippen LogP contribution in [0.25, 0.3) is 0 Å². The molecule has 0 bridgehead atoms. The van der Waals surface area contributed by atoms with E-state index in [-0.39, 0.29) is 43.1 Å². The average Bonchev–Trinajstić information content (AvgIpc) is 2.72. The molecular formula is C22H22F6O3. The van der Waals surface area contributed by atoms with Crippen molar-refractivity contribution in [3.8, 4) is 0 Å². The Morgan fingerprint density at radius 2 is 1.55 bits per heavy atom. The largest absolute Gasteiger partial charge is 0.416 e.